The van der Waals surface area contributed by atoms with Gasteiger partial charge in [-0.2, -0.15) is 0 Å². The highest BCUT2D eigenvalue weighted by Gasteiger charge is 2.17. The van der Waals surface area contributed by atoms with E-state index in [-0.39, 0.29) is 24.2 Å². The minimum atomic E-state index is -0.417. The SMILES string of the molecule is CC(c1cccc([N+](=O)[O-])c1)N(C)CC(=O)Nc1cccc(I)c1. The van der Waals surface area contributed by atoms with E-state index < -0.39 is 4.92 Å². The van der Waals surface area contributed by atoms with Gasteiger partial charge in [0.15, 0.2) is 0 Å². The fourth-order valence-corrected chi connectivity index (χ4v) is 2.83. The first kappa shape index (κ1) is 18.3. The highest BCUT2D eigenvalue weighted by Crippen LogP contribution is 2.23. The fourth-order valence-electron chi connectivity index (χ4n) is 2.28. The molecule has 1 unspecified atom stereocenters. The highest BCUT2D eigenvalue weighted by molar-refractivity contribution is 14.1. The number of carbonyl (C=O) groups is 1. The van der Waals surface area contributed by atoms with E-state index in [0.717, 1.165) is 14.8 Å². The van der Waals surface area contributed by atoms with Crippen molar-refractivity contribution < 1.29 is 9.72 Å². The number of nitro groups is 1. The van der Waals surface area contributed by atoms with Crippen LogP contribution in [0.3, 0.4) is 0 Å². The number of nitro benzene ring substituents is 1. The highest BCUT2D eigenvalue weighted by atomic mass is 127. The van der Waals surface area contributed by atoms with Crippen molar-refractivity contribution in [2.45, 2.75) is 13.0 Å². The molecule has 6 nitrogen and oxygen atoms in total. The van der Waals surface area contributed by atoms with Crippen LogP contribution in [-0.2, 0) is 4.79 Å². The number of hydrogen-bond acceptors (Lipinski definition) is 4. The lowest BCUT2D eigenvalue weighted by Crippen LogP contribution is -2.32. The molecular formula is C17H18IN3O3. The zero-order valence-electron chi connectivity index (χ0n) is 13.4. The summed E-state index contributed by atoms with van der Waals surface area (Å²) in [7, 11) is 1.82. The number of non-ortho nitro benzene ring substituents is 1. The molecule has 0 bridgehead atoms. The van der Waals surface area contributed by atoms with E-state index in [0.29, 0.717) is 0 Å². The molecule has 24 heavy (non-hydrogen) atoms. The van der Waals surface area contributed by atoms with Gasteiger partial charge < -0.3 is 5.32 Å². The number of carbonyl (C=O) groups excluding carboxylic acids is 1. The van der Waals surface area contributed by atoms with E-state index >= 15 is 0 Å². The van der Waals surface area contributed by atoms with Crippen molar-refractivity contribution in [1.82, 2.24) is 4.90 Å². The van der Waals surface area contributed by atoms with Crippen LogP contribution in [0, 0.1) is 13.7 Å². The molecule has 0 aromatic heterocycles. The van der Waals surface area contributed by atoms with Gasteiger partial charge in [0.1, 0.15) is 0 Å². The topological polar surface area (TPSA) is 75.5 Å². The van der Waals surface area contributed by atoms with E-state index in [2.05, 4.69) is 27.9 Å². The zero-order valence-corrected chi connectivity index (χ0v) is 15.6. The average Bonchev–Trinajstić information content (AvgIpc) is 2.54. The van der Waals surface area contributed by atoms with E-state index in [1.54, 1.807) is 12.1 Å². The standard InChI is InChI=1S/C17H18IN3O3/c1-12(13-5-3-8-16(9-13)21(23)24)20(2)11-17(22)19-15-7-4-6-14(18)10-15/h3-10,12H,11H2,1-2H3,(H,19,22). The van der Waals surface area contributed by atoms with Gasteiger partial charge >= 0.3 is 0 Å². The number of hydrogen-bond donors (Lipinski definition) is 1. The summed E-state index contributed by atoms with van der Waals surface area (Å²) in [5.41, 5.74) is 1.60. The molecule has 2 aromatic carbocycles. The number of rotatable bonds is 6. The van der Waals surface area contributed by atoms with Crippen LogP contribution in [0.1, 0.15) is 18.5 Å². The molecule has 7 heteroatoms. The van der Waals surface area contributed by atoms with Crippen molar-refractivity contribution in [2.75, 3.05) is 18.9 Å². The van der Waals surface area contributed by atoms with Gasteiger partial charge in [0.25, 0.3) is 5.69 Å². The Morgan fingerprint density at radius 3 is 2.67 bits per heavy atom. The van der Waals surface area contributed by atoms with Crippen molar-refractivity contribution >= 4 is 39.9 Å². The van der Waals surface area contributed by atoms with E-state index in [1.165, 1.54) is 6.07 Å². The Balaban J connectivity index is 2.00. The smallest absolute Gasteiger partial charge is 0.269 e. The lowest BCUT2D eigenvalue weighted by molar-refractivity contribution is -0.384. The Bertz CT molecular complexity index is 751. The average molecular weight is 439 g/mol. The van der Waals surface area contributed by atoms with Crippen molar-refractivity contribution in [2.24, 2.45) is 0 Å². The molecule has 0 aliphatic heterocycles. The van der Waals surface area contributed by atoms with Crippen molar-refractivity contribution in [3.63, 3.8) is 0 Å². The molecule has 0 spiro atoms. The third kappa shape index (κ3) is 5.00. The Kier molecular flexibility index (Phi) is 6.27. The zero-order chi connectivity index (χ0) is 17.7. The fraction of sp³-hybridized carbons (Fsp3) is 0.235. The molecule has 2 rings (SSSR count). The summed E-state index contributed by atoms with van der Waals surface area (Å²) < 4.78 is 1.05. The first-order valence-corrected chi connectivity index (χ1v) is 8.44. The van der Waals surface area contributed by atoms with Gasteiger partial charge in [-0.3, -0.25) is 19.8 Å². The summed E-state index contributed by atoms with van der Waals surface area (Å²) in [6.45, 7) is 2.10. The maximum Gasteiger partial charge on any atom is 0.269 e. The molecule has 2 aromatic rings. The number of anilines is 1. The second-order valence-electron chi connectivity index (χ2n) is 5.50. The van der Waals surface area contributed by atoms with Gasteiger partial charge in [-0.25, -0.2) is 0 Å². The predicted molar refractivity (Wildman–Crippen MR) is 102 cm³/mol. The molecule has 1 amide bonds. The first-order chi connectivity index (χ1) is 11.4. The second kappa shape index (κ2) is 8.20. The Morgan fingerprint density at radius 1 is 1.29 bits per heavy atom. The summed E-state index contributed by atoms with van der Waals surface area (Å²) in [5, 5.41) is 13.7. The third-order valence-electron chi connectivity index (χ3n) is 3.73. The molecule has 0 radical (unpaired) electrons. The number of benzene rings is 2. The van der Waals surface area contributed by atoms with Gasteiger partial charge in [-0.15, -0.1) is 0 Å². The van der Waals surface area contributed by atoms with Crippen molar-refractivity contribution in [3.8, 4) is 0 Å². The summed E-state index contributed by atoms with van der Waals surface area (Å²) in [6.07, 6.45) is 0. The molecule has 0 aliphatic carbocycles. The quantitative estimate of drug-likeness (QED) is 0.422. The lowest BCUT2D eigenvalue weighted by Gasteiger charge is -2.24. The van der Waals surface area contributed by atoms with Crippen molar-refractivity contribution in [3.05, 3.63) is 67.8 Å². The van der Waals surface area contributed by atoms with Crippen LogP contribution in [-0.4, -0.2) is 29.3 Å². The van der Waals surface area contributed by atoms with Crippen LogP contribution in [0.2, 0.25) is 0 Å². The summed E-state index contributed by atoms with van der Waals surface area (Å²) in [5.74, 6) is -0.128. The Labute approximate surface area is 154 Å². The van der Waals surface area contributed by atoms with Crippen LogP contribution in [0.15, 0.2) is 48.5 Å². The van der Waals surface area contributed by atoms with Gasteiger partial charge in [-0.05, 0) is 60.3 Å². The summed E-state index contributed by atoms with van der Waals surface area (Å²) >= 11 is 2.19. The molecule has 126 valence electrons. The van der Waals surface area contributed by atoms with Gasteiger partial charge in [0, 0.05) is 27.4 Å². The lowest BCUT2D eigenvalue weighted by atomic mass is 10.1. The summed E-state index contributed by atoms with van der Waals surface area (Å²) in [4.78, 5) is 24.5. The molecule has 0 saturated carbocycles. The normalized spacial score (nSPS) is 12.0. The molecule has 1 N–H and O–H groups in total. The maximum atomic E-state index is 12.2. The van der Waals surface area contributed by atoms with Crippen molar-refractivity contribution in [1.29, 1.82) is 0 Å². The Hall–Kier alpha value is -2.00. The van der Waals surface area contributed by atoms with E-state index in [4.69, 9.17) is 0 Å². The Morgan fingerprint density at radius 2 is 2.00 bits per heavy atom. The molecule has 1 atom stereocenters. The third-order valence-corrected chi connectivity index (χ3v) is 4.40. The molecule has 0 fully saturated rings. The molecular weight excluding hydrogens is 421 g/mol. The van der Waals surface area contributed by atoms with Gasteiger partial charge in [0.2, 0.25) is 5.91 Å². The number of amides is 1. The first-order valence-electron chi connectivity index (χ1n) is 7.37. The van der Waals surface area contributed by atoms with Crippen LogP contribution >= 0.6 is 22.6 Å². The summed E-state index contributed by atoms with van der Waals surface area (Å²) in [6, 6.07) is 13.9. The number of nitrogens with zero attached hydrogens (tertiary/aromatic N) is 2. The molecule has 0 saturated heterocycles. The van der Waals surface area contributed by atoms with Gasteiger partial charge in [0.05, 0.1) is 11.5 Å². The largest absolute Gasteiger partial charge is 0.325 e. The number of nitrogens with one attached hydrogen (secondary N) is 1. The van der Waals surface area contributed by atoms with Crippen LogP contribution < -0.4 is 5.32 Å². The minimum Gasteiger partial charge on any atom is -0.325 e. The van der Waals surface area contributed by atoms with Crippen LogP contribution in [0.25, 0.3) is 0 Å². The minimum absolute atomic E-state index is 0.0519. The second-order valence-corrected chi connectivity index (χ2v) is 6.75. The van der Waals surface area contributed by atoms with Gasteiger partial charge in [-0.1, -0.05) is 18.2 Å². The number of likely N-dealkylation sites (N-methyl/N-ethyl adjacent to an activating group) is 1. The van der Waals surface area contributed by atoms with Crippen LogP contribution in [0.4, 0.5) is 11.4 Å². The number of halogens is 1. The molecule has 0 aliphatic rings. The van der Waals surface area contributed by atoms with E-state index in [1.807, 2.05) is 49.2 Å². The molecule has 0 heterocycles. The monoisotopic (exact) mass is 439 g/mol. The predicted octanol–water partition coefficient (Wildman–Crippen LogP) is 3.83. The maximum absolute atomic E-state index is 12.2. The van der Waals surface area contributed by atoms with E-state index in [9.17, 15) is 14.9 Å². The van der Waals surface area contributed by atoms with Crippen LogP contribution in [0.5, 0.6) is 0 Å².